The highest BCUT2D eigenvalue weighted by atomic mass is 32.1. The molecule has 3 heterocycles. The predicted octanol–water partition coefficient (Wildman–Crippen LogP) is 3.50. The number of ether oxygens (including phenoxy) is 2. The first-order valence-corrected chi connectivity index (χ1v) is 8.82. The molecule has 3 aromatic heterocycles. The van der Waals surface area contributed by atoms with E-state index in [0.717, 1.165) is 0 Å². The molecule has 142 valence electrons. The Balaban J connectivity index is 1.66. The second-order valence-corrected chi connectivity index (χ2v) is 6.71. The lowest BCUT2D eigenvalue weighted by Crippen LogP contribution is -2.24. The summed E-state index contributed by atoms with van der Waals surface area (Å²) in [5.41, 5.74) is 0. The number of hydrogen-bond donors (Lipinski definition) is 2. The SMILES string of the molecule is CC(C)Oc1ccc(Oc2ncc(-c3noc(C(C)NC(=O)O)n3)s2)cn1. The van der Waals surface area contributed by atoms with E-state index < -0.39 is 12.1 Å². The Morgan fingerprint density at radius 3 is 2.74 bits per heavy atom. The van der Waals surface area contributed by atoms with Crippen LogP contribution in [0.3, 0.4) is 0 Å². The van der Waals surface area contributed by atoms with E-state index in [9.17, 15) is 4.79 Å². The van der Waals surface area contributed by atoms with Gasteiger partial charge in [-0.3, -0.25) is 0 Å². The van der Waals surface area contributed by atoms with Gasteiger partial charge in [-0.2, -0.15) is 4.98 Å². The minimum Gasteiger partial charge on any atom is -0.475 e. The van der Waals surface area contributed by atoms with Crippen molar-refractivity contribution in [1.82, 2.24) is 25.4 Å². The third-order valence-electron chi connectivity index (χ3n) is 3.13. The zero-order chi connectivity index (χ0) is 19.4. The van der Waals surface area contributed by atoms with Crippen LogP contribution in [0.15, 0.2) is 29.0 Å². The lowest BCUT2D eigenvalue weighted by atomic mass is 10.3. The Labute approximate surface area is 158 Å². The van der Waals surface area contributed by atoms with Gasteiger partial charge in [-0.05, 0) is 26.8 Å². The Bertz CT molecular complexity index is 908. The summed E-state index contributed by atoms with van der Waals surface area (Å²) in [6.07, 6.45) is 1.96. The molecular formula is C16H17N5O5S. The molecule has 1 amide bonds. The van der Waals surface area contributed by atoms with Gasteiger partial charge in [-0.25, -0.2) is 14.8 Å². The third kappa shape index (κ3) is 4.91. The van der Waals surface area contributed by atoms with Crippen molar-refractivity contribution in [2.75, 3.05) is 0 Å². The molecule has 1 unspecified atom stereocenters. The number of hydrogen-bond acceptors (Lipinski definition) is 9. The minimum absolute atomic E-state index is 0.0408. The van der Waals surface area contributed by atoms with Crippen LogP contribution < -0.4 is 14.8 Å². The first kappa shape index (κ1) is 18.6. The Morgan fingerprint density at radius 2 is 2.07 bits per heavy atom. The van der Waals surface area contributed by atoms with E-state index in [1.165, 1.54) is 11.3 Å². The Hall–Kier alpha value is -3.21. The van der Waals surface area contributed by atoms with E-state index in [1.807, 2.05) is 13.8 Å². The van der Waals surface area contributed by atoms with E-state index in [0.29, 0.717) is 27.5 Å². The van der Waals surface area contributed by atoms with Crippen LogP contribution in [0.25, 0.3) is 10.7 Å². The lowest BCUT2D eigenvalue weighted by Gasteiger charge is -2.08. The molecule has 0 spiro atoms. The topological polar surface area (TPSA) is 132 Å². The minimum atomic E-state index is -1.17. The first-order valence-electron chi connectivity index (χ1n) is 8.00. The monoisotopic (exact) mass is 391 g/mol. The molecule has 11 heteroatoms. The number of nitrogens with zero attached hydrogens (tertiary/aromatic N) is 4. The van der Waals surface area contributed by atoms with Crippen molar-refractivity contribution in [2.45, 2.75) is 32.9 Å². The first-order chi connectivity index (χ1) is 12.9. The van der Waals surface area contributed by atoms with Crippen molar-refractivity contribution in [2.24, 2.45) is 0 Å². The summed E-state index contributed by atoms with van der Waals surface area (Å²) in [6, 6.07) is 2.83. The number of rotatable bonds is 7. The van der Waals surface area contributed by atoms with Crippen molar-refractivity contribution in [3.63, 3.8) is 0 Å². The average molecular weight is 391 g/mol. The van der Waals surface area contributed by atoms with Crippen LogP contribution in [-0.2, 0) is 0 Å². The molecule has 10 nitrogen and oxygen atoms in total. The van der Waals surface area contributed by atoms with Crippen LogP contribution in [0.4, 0.5) is 4.79 Å². The average Bonchev–Trinajstić information content (AvgIpc) is 3.25. The quantitative estimate of drug-likeness (QED) is 0.621. The summed E-state index contributed by atoms with van der Waals surface area (Å²) in [7, 11) is 0. The molecule has 1 atom stereocenters. The fraction of sp³-hybridized carbons (Fsp3) is 0.312. The summed E-state index contributed by atoms with van der Waals surface area (Å²) in [4.78, 5) is 23.8. The van der Waals surface area contributed by atoms with Crippen LogP contribution >= 0.6 is 11.3 Å². The second-order valence-electron chi connectivity index (χ2n) is 5.72. The Morgan fingerprint density at radius 1 is 1.26 bits per heavy atom. The molecule has 3 rings (SSSR count). The van der Waals surface area contributed by atoms with Gasteiger partial charge in [0.25, 0.3) is 5.19 Å². The van der Waals surface area contributed by atoms with Crippen molar-refractivity contribution in [3.8, 4) is 27.5 Å². The molecule has 0 aliphatic rings. The van der Waals surface area contributed by atoms with Crippen molar-refractivity contribution >= 4 is 17.4 Å². The number of amides is 1. The molecule has 0 aliphatic heterocycles. The maximum atomic E-state index is 10.7. The molecule has 3 aromatic rings. The molecule has 0 bridgehead atoms. The smallest absolute Gasteiger partial charge is 0.405 e. The van der Waals surface area contributed by atoms with Crippen LogP contribution in [0.1, 0.15) is 32.7 Å². The van der Waals surface area contributed by atoms with Gasteiger partial charge in [0.15, 0.2) is 0 Å². The molecule has 27 heavy (non-hydrogen) atoms. The van der Waals surface area contributed by atoms with E-state index in [-0.39, 0.29) is 12.0 Å². The zero-order valence-electron chi connectivity index (χ0n) is 14.7. The number of thiazole rings is 1. The van der Waals surface area contributed by atoms with Crippen LogP contribution in [-0.4, -0.2) is 37.4 Å². The van der Waals surface area contributed by atoms with Crippen LogP contribution in [0.5, 0.6) is 16.8 Å². The summed E-state index contributed by atoms with van der Waals surface area (Å²) in [5.74, 6) is 1.49. The second kappa shape index (κ2) is 7.99. The van der Waals surface area contributed by atoms with E-state index in [1.54, 1.807) is 31.5 Å². The van der Waals surface area contributed by atoms with Gasteiger partial charge in [0, 0.05) is 6.07 Å². The number of nitrogens with one attached hydrogen (secondary N) is 1. The number of pyridine rings is 1. The fourth-order valence-electron chi connectivity index (χ4n) is 2.01. The van der Waals surface area contributed by atoms with E-state index in [2.05, 4.69) is 25.4 Å². The van der Waals surface area contributed by atoms with Gasteiger partial charge < -0.3 is 24.4 Å². The van der Waals surface area contributed by atoms with E-state index in [4.69, 9.17) is 19.1 Å². The largest absolute Gasteiger partial charge is 0.475 e. The fourth-order valence-corrected chi connectivity index (χ4v) is 2.72. The van der Waals surface area contributed by atoms with Crippen LogP contribution in [0.2, 0.25) is 0 Å². The maximum absolute atomic E-state index is 10.7. The number of carbonyl (C=O) groups is 1. The molecule has 0 saturated heterocycles. The molecule has 0 fully saturated rings. The maximum Gasteiger partial charge on any atom is 0.405 e. The Kier molecular flexibility index (Phi) is 5.50. The number of aromatic nitrogens is 4. The summed E-state index contributed by atoms with van der Waals surface area (Å²) < 4.78 is 16.2. The lowest BCUT2D eigenvalue weighted by molar-refractivity contribution is 0.187. The van der Waals surface area contributed by atoms with Gasteiger partial charge in [-0.1, -0.05) is 16.5 Å². The number of carboxylic acid groups (broad SMARTS) is 1. The zero-order valence-corrected chi connectivity index (χ0v) is 15.6. The predicted molar refractivity (Wildman–Crippen MR) is 95.1 cm³/mol. The van der Waals surface area contributed by atoms with Gasteiger partial charge in [0.2, 0.25) is 17.6 Å². The molecule has 2 N–H and O–H groups in total. The molecule has 0 saturated carbocycles. The summed E-state index contributed by atoms with van der Waals surface area (Å²) in [6.45, 7) is 5.45. The van der Waals surface area contributed by atoms with Gasteiger partial charge >= 0.3 is 6.09 Å². The third-order valence-corrected chi connectivity index (χ3v) is 4.00. The van der Waals surface area contributed by atoms with Crippen LogP contribution in [0, 0.1) is 0 Å². The summed E-state index contributed by atoms with van der Waals surface area (Å²) >= 11 is 1.22. The molecule has 0 aromatic carbocycles. The normalized spacial score (nSPS) is 12.0. The highest BCUT2D eigenvalue weighted by Crippen LogP contribution is 2.32. The van der Waals surface area contributed by atoms with Crippen molar-refractivity contribution < 1.29 is 23.9 Å². The molecular weight excluding hydrogens is 374 g/mol. The van der Waals surface area contributed by atoms with Crippen molar-refractivity contribution in [1.29, 1.82) is 0 Å². The molecule has 0 aliphatic carbocycles. The highest BCUT2D eigenvalue weighted by Gasteiger charge is 2.18. The van der Waals surface area contributed by atoms with Gasteiger partial charge in [-0.15, -0.1) is 0 Å². The van der Waals surface area contributed by atoms with Crippen molar-refractivity contribution in [3.05, 3.63) is 30.4 Å². The summed E-state index contributed by atoms with van der Waals surface area (Å²) in [5, 5.41) is 15.2. The van der Waals surface area contributed by atoms with E-state index >= 15 is 0 Å². The molecule has 0 radical (unpaired) electrons. The van der Waals surface area contributed by atoms with Gasteiger partial charge in [0.1, 0.15) is 11.8 Å². The highest BCUT2D eigenvalue weighted by molar-refractivity contribution is 7.16. The van der Waals surface area contributed by atoms with Gasteiger partial charge in [0.05, 0.1) is 23.4 Å². The standard InChI is InChI=1S/C16H17N5O5S/c1-8(2)24-12-5-4-10(6-17-12)25-16-18-7-11(27-16)13-20-14(26-21-13)9(3)19-15(22)23/h4-9,19H,1-3H3,(H,22,23).